The molecule has 1 aromatic heterocycles. The minimum absolute atomic E-state index is 0.164. The highest BCUT2D eigenvalue weighted by Crippen LogP contribution is 2.17. The number of hydrogen-bond acceptors (Lipinski definition) is 5. The van der Waals surface area contributed by atoms with E-state index in [0.717, 1.165) is 30.7 Å². The molecule has 0 saturated carbocycles. The molecule has 0 radical (unpaired) electrons. The predicted molar refractivity (Wildman–Crippen MR) is 78.2 cm³/mol. The van der Waals surface area contributed by atoms with E-state index in [0.29, 0.717) is 6.54 Å². The summed E-state index contributed by atoms with van der Waals surface area (Å²) in [4.78, 5) is 13.9. The Labute approximate surface area is 123 Å². The number of amides is 1. The second-order valence-corrected chi connectivity index (χ2v) is 7.64. The molecule has 8 heteroatoms. The minimum atomic E-state index is -3.57. The molecule has 1 aliphatic heterocycles. The molecule has 1 aliphatic rings. The third-order valence-electron chi connectivity index (χ3n) is 3.31. The van der Waals surface area contributed by atoms with Crippen LogP contribution < -0.4 is 10.0 Å². The van der Waals surface area contributed by atoms with Crippen LogP contribution in [0, 0.1) is 0 Å². The molecule has 1 aromatic rings. The summed E-state index contributed by atoms with van der Waals surface area (Å²) in [5.74, 6) is -0.164. The SMILES string of the molecule is CNCC1CCCN1C(=O)CNS(=O)(=O)c1cccs1. The smallest absolute Gasteiger partial charge is 0.250 e. The van der Waals surface area contributed by atoms with E-state index in [9.17, 15) is 13.2 Å². The molecule has 2 N–H and O–H groups in total. The van der Waals surface area contributed by atoms with Crippen LogP contribution in [0.1, 0.15) is 12.8 Å². The van der Waals surface area contributed by atoms with Crippen LogP contribution in [0.25, 0.3) is 0 Å². The Bertz CT molecular complexity index is 542. The van der Waals surface area contributed by atoms with Crippen molar-refractivity contribution in [1.29, 1.82) is 0 Å². The van der Waals surface area contributed by atoms with Crippen molar-refractivity contribution in [2.45, 2.75) is 23.1 Å². The van der Waals surface area contributed by atoms with Crippen molar-refractivity contribution >= 4 is 27.3 Å². The van der Waals surface area contributed by atoms with Gasteiger partial charge in [-0.15, -0.1) is 11.3 Å². The lowest BCUT2D eigenvalue weighted by Gasteiger charge is -2.24. The molecule has 1 unspecified atom stereocenters. The quantitative estimate of drug-likeness (QED) is 0.788. The van der Waals surface area contributed by atoms with Gasteiger partial charge in [0, 0.05) is 19.1 Å². The maximum absolute atomic E-state index is 12.1. The van der Waals surface area contributed by atoms with Crippen LogP contribution in [-0.4, -0.2) is 51.9 Å². The molecule has 2 rings (SSSR count). The molecule has 1 atom stereocenters. The van der Waals surface area contributed by atoms with Gasteiger partial charge in [-0.1, -0.05) is 6.07 Å². The maximum atomic E-state index is 12.1. The number of likely N-dealkylation sites (tertiary alicyclic amines) is 1. The number of thiophene rings is 1. The van der Waals surface area contributed by atoms with E-state index < -0.39 is 10.0 Å². The number of nitrogens with zero attached hydrogens (tertiary/aromatic N) is 1. The van der Waals surface area contributed by atoms with Gasteiger partial charge in [0.2, 0.25) is 5.91 Å². The van der Waals surface area contributed by atoms with Crippen molar-refractivity contribution in [3.05, 3.63) is 17.5 Å². The van der Waals surface area contributed by atoms with Crippen molar-refractivity contribution in [2.75, 3.05) is 26.7 Å². The first kappa shape index (κ1) is 15.4. The fourth-order valence-corrected chi connectivity index (χ4v) is 4.37. The van der Waals surface area contributed by atoms with Crippen molar-refractivity contribution in [3.8, 4) is 0 Å². The van der Waals surface area contributed by atoms with Crippen molar-refractivity contribution in [3.63, 3.8) is 0 Å². The average molecular weight is 317 g/mol. The first-order valence-electron chi connectivity index (χ1n) is 6.52. The Balaban J connectivity index is 1.92. The fraction of sp³-hybridized carbons (Fsp3) is 0.583. The third-order valence-corrected chi connectivity index (χ3v) is 6.11. The van der Waals surface area contributed by atoms with Crippen molar-refractivity contribution in [2.24, 2.45) is 0 Å². The van der Waals surface area contributed by atoms with E-state index in [1.54, 1.807) is 16.3 Å². The van der Waals surface area contributed by atoms with Gasteiger partial charge in [0.25, 0.3) is 10.0 Å². The highest BCUT2D eigenvalue weighted by molar-refractivity contribution is 7.91. The number of carbonyl (C=O) groups is 1. The summed E-state index contributed by atoms with van der Waals surface area (Å²) < 4.78 is 26.5. The molecule has 0 spiro atoms. The van der Waals surface area contributed by atoms with Crippen LogP contribution in [0.3, 0.4) is 0 Å². The second kappa shape index (κ2) is 6.66. The predicted octanol–water partition coefficient (Wildman–Crippen LogP) is 0.237. The monoisotopic (exact) mass is 317 g/mol. The molecular formula is C12H19N3O3S2. The Morgan fingerprint density at radius 3 is 3.00 bits per heavy atom. The van der Waals surface area contributed by atoms with Gasteiger partial charge in [-0.2, -0.15) is 0 Å². The van der Waals surface area contributed by atoms with Crippen LogP contribution in [-0.2, 0) is 14.8 Å². The van der Waals surface area contributed by atoms with Gasteiger partial charge in [0.1, 0.15) is 4.21 Å². The van der Waals surface area contributed by atoms with Crippen LogP contribution in [0.5, 0.6) is 0 Å². The van der Waals surface area contributed by atoms with Crippen LogP contribution in [0.4, 0.5) is 0 Å². The van der Waals surface area contributed by atoms with Gasteiger partial charge in [0.15, 0.2) is 0 Å². The van der Waals surface area contributed by atoms with E-state index >= 15 is 0 Å². The van der Waals surface area contributed by atoms with E-state index in [1.807, 2.05) is 7.05 Å². The number of rotatable bonds is 6. The normalized spacial score (nSPS) is 19.4. The summed E-state index contributed by atoms with van der Waals surface area (Å²) in [7, 11) is -1.72. The molecule has 0 aromatic carbocycles. The third kappa shape index (κ3) is 3.57. The van der Waals surface area contributed by atoms with Crippen LogP contribution in [0.15, 0.2) is 21.7 Å². The highest BCUT2D eigenvalue weighted by atomic mass is 32.2. The summed E-state index contributed by atoms with van der Waals surface area (Å²) >= 11 is 1.14. The average Bonchev–Trinajstić information content (AvgIpc) is 3.07. The van der Waals surface area contributed by atoms with Gasteiger partial charge in [-0.3, -0.25) is 4.79 Å². The number of sulfonamides is 1. The minimum Gasteiger partial charge on any atom is -0.337 e. The lowest BCUT2D eigenvalue weighted by Crippen LogP contribution is -2.45. The molecular weight excluding hydrogens is 298 g/mol. The molecule has 1 saturated heterocycles. The lowest BCUT2D eigenvalue weighted by atomic mass is 10.2. The van der Waals surface area contributed by atoms with Crippen molar-refractivity contribution < 1.29 is 13.2 Å². The van der Waals surface area contributed by atoms with Gasteiger partial charge in [-0.25, -0.2) is 13.1 Å². The molecule has 0 aliphatic carbocycles. The second-order valence-electron chi connectivity index (χ2n) is 4.70. The first-order valence-corrected chi connectivity index (χ1v) is 8.88. The van der Waals surface area contributed by atoms with E-state index in [4.69, 9.17) is 0 Å². The molecule has 1 fully saturated rings. The molecule has 2 heterocycles. The lowest BCUT2D eigenvalue weighted by molar-refractivity contribution is -0.130. The van der Waals surface area contributed by atoms with E-state index in [1.165, 1.54) is 6.07 Å². The Kier molecular flexibility index (Phi) is 5.14. The largest absolute Gasteiger partial charge is 0.337 e. The van der Waals surface area contributed by atoms with E-state index in [2.05, 4.69) is 10.0 Å². The zero-order valence-electron chi connectivity index (χ0n) is 11.3. The van der Waals surface area contributed by atoms with Crippen LogP contribution in [0.2, 0.25) is 0 Å². The Morgan fingerprint density at radius 1 is 1.55 bits per heavy atom. The molecule has 6 nitrogen and oxygen atoms in total. The molecule has 20 heavy (non-hydrogen) atoms. The van der Waals surface area contributed by atoms with Crippen LogP contribution >= 0.6 is 11.3 Å². The van der Waals surface area contributed by atoms with Gasteiger partial charge < -0.3 is 10.2 Å². The number of carbonyl (C=O) groups excluding carboxylic acids is 1. The summed E-state index contributed by atoms with van der Waals surface area (Å²) in [6.45, 7) is 1.26. The summed E-state index contributed by atoms with van der Waals surface area (Å²) in [5, 5.41) is 4.75. The van der Waals surface area contributed by atoms with Gasteiger partial charge in [-0.05, 0) is 31.3 Å². The molecule has 0 bridgehead atoms. The number of hydrogen-bond donors (Lipinski definition) is 2. The zero-order valence-corrected chi connectivity index (χ0v) is 13.0. The summed E-state index contributed by atoms with van der Waals surface area (Å²) in [6, 6.07) is 3.36. The number of nitrogens with one attached hydrogen (secondary N) is 2. The first-order chi connectivity index (χ1) is 9.54. The van der Waals surface area contributed by atoms with Gasteiger partial charge >= 0.3 is 0 Å². The fourth-order valence-electron chi connectivity index (χ4n) is 2.36. The Morgan fingerprint density at radius 2 is 2.35 bits per heavy atom. The van der Waals surface area contributed by atoms with Crippen molar-refractivity contribution in [1.82, 2.24) is 14.9 Å². The number of likely N-dealkylation sites (N-methyl/N-ethyl adjacent to an activating group) is 1. The zero-order chi connectivity index (χ0) is 14.6. The molecule has 1 amide bonds. The highest BCUT2D eigenvalue weighted by Gasteiger charge is 2.28. The summed E-state index contributed by atoms with van der Waals surface area (Å²) in [5.41, 5.74) is 0. The topological polar surface area (TPSA) is 78.5 Å². The summed E-state index contributed by atoms with van der Waals surface area (Å²) in [6.07, 6.45) is 1.93. The van der Waals surface area contributed by atoms with E-state index in [-0.39, 0.29) is 22.7 Å². The van der Waals surface area contributed by atoms with Gasteiger partial charge in [0.05, 0.1) is 6.54 Å². The Hall–Kier alpha value is -0.960. The molecule has 112 valence electrons. The maximum Gasteiger partial charge on any atom is 0.250 e. The standard InChI is InChI=1S/C12H19N3O3S2/c1-13-8-10-4-2-6-15(10)11(16)9-14-20(17,18)12-5-3-7-19-12/h3,5,7,10,13-14H,2,4,6,8-9H2,1H3.